The monoisotopic (exact) mass is 285 g/mol. The molecule has 20 heavy (non-hydrogen) atoms. The minimum atomic E-state index is 0.641. The topological polar surface area (TPSA) is 43.8 Å². The first-order valence-electron chi connectivity index (χ1n) is 6.56. The average Bonchev–Trinajstić information content (AvgIpc) is 2.72. The second-order valence-corrected chi connectivity index (χ2v) is 5.42. The number of nitrogens with two attached hydrogens (primary N) is 1. The van der Waals surface area contributed by atoms with Crippen LogP contribution in [0.25, 0.3) is 27.6 Å². The summed E-state index contributed by atoms with van der Waals surface area (Å²) < 4.78 is 2.06. The number of hydrogen-bond donors (Lipinski definition) is 1. The number of aromatic nitrogens is 2. The minimum absolute atomic E-state index is 0.641. The molecule has 0 saturated carbocycles. The van der Waals surface area contributed by atoms with Crippen LogP contribution in [-0.2, 0) is 6.42 Å². The molecule has 0 bridgehead atoms. The van der Waals surface area contributed by atoms with E-state index in [0.717, 1.165) is 34.1 Å². The Kier molecular flexibility index (Phi) is 3.24. The average molecular weight is 286 g/mol. The molecule has 0 amide bonds. The summed E-state index contributed by atoms with van der Waals surface area (Å²) in [5.74, 6) is 0. The van der Waals surface area contributed by atoms with Crippen LogP contribution in [0.5, 0.6) is 0 Å². The zero-order valence-corrected chi connectivity index (χ0v) is 12.1. The summed E-state index contributed by atoms with van der Waals surface area (Å²) in [6, 6.07) is 8.33. The van der Waals surface area contributed by atoms with Crippen LogP contribution < -0.4 is 5.73 Å². The lowest BCUT2D eigenvalue weighted by Gasteiger charge is -2.05. The molecule has 0 aliphatic heterocycles. The fourth-order valence-electron chi connectivity index (χ4n) is 2.63. The Morgan fingerprint density at radius 1 is 1.35 bits per heavy atom. The number of allylic oxidation sites excluding steroid dienone is 1. The van der Waals surface area contributed by atoms with Crippen molar-refractivity contribution in [3.63, 3.8) is 0 Å². The molecule has 2 heterocycles. The smallest absolute Gasteiger partial charge is 0.145 e. The van der Waals surface area contributed by atoms with Gasteiger partial charge in [0.15, 0.2) is 0 Å². The minimum Gasteiger partial charge on any atom is -0.330 e. The standard InChI is InChI=1S/C16H16ClN3/c1-10(2)20-15-4-3-11(5-6-18)7-13(15)14-8-12(17)9-19-16(14)20/h3-4,7-9H,1,5-6,18H2,2H3. The van der Waals surface area contributed by atoms with Gasteiger partial charge in [0.05, 0.1) is 10.5 Å². The highest BCUT2D eigenvalue weighted by Gasteiger charge is 2.13. The van der Waals surface area contributed by atoms with Crippen molar-refractivity contribution in [3.05, 3.63) is 47.6 Å². The van der Waals surface area contributed by atoms with E-state index in [4.69, 9.17) is 17.3 Å². The third-order valence-corrected chi connectivity index (χ3v) is 3.66. The van der Waals surface area contributed by atoms with Crippen molar-refractivity contribution < 1.29 is 0 Å². The van der Waals surface area contributed by atoms with Gasteiger partial charge in [-0.1, -0.05) is 24.2 Å². The highest BCUT2D eigenvalue weighted by molar-refractivity contribution is 6.31. The van der Waals surface area contributed by atoms with Gasteiger partial charge in [0.2, 0.25) is 0 Å². The lowest BCUT2D eigenvalue weighted by atomic mass is 10.1. The number of nitrogens with zero attached hydrogens (tertiary/aromatic N) is 2. The molecule has 1 aromatic carbocycles. The number of fused-ring (bicyclic) bond motifs is 3. The van der Waals surface area contributed by atoms with Crippen molar-refractivity contribution in [1.82, 2.24) is 9.55 Å². The van der Waals surface area contributed by atoms with E-state index in [-0.39, 0.29) is 0 Å². The maximum atomic E-state index is 6.09. The van der Waals surface area contributed by atoms with E-state index in [1.807, 2.05) is 13.0 Å². The number of benzene rings is 1. The molecule has 102 valence electrons. The maximum absolute atomic E-state index is 6.09. The second-order valence-electron chi connectivity index (χ2n) is 4.99. The summed E-state index contributed by atoms with van der Waals surface area (Å²) in [5, 5.41) is 2.83. The molecule has 0 aliphatic rings. The fourth-order valence-corrected chi connectivity index (χ4v) is 2.78. The van der Waals surface area contributed by atoms with E-state index >= 15 is 0 Å². The third-order valence-electron chi connectivity index (χ3n) is 3.45. The van der Waals surface area contributed by atoms with Crippen LogP contribution in [-0.4, -0.2) is 16.1 Å². The van der Waals surface area contributed by atoms with Crippen LogP contribution in [0.2, 0.25) is 5.02 Å². The van der Waals surface area contributed by atoms with E-state index in [1.165, 1.54) is 5.56 Å². The van der Waals surface area contributed by atoms with Gasteiger partial charge in [-0.15, -0.1) is 0 Å². The Morgan fingerprint density at radius 2 is 2.15 bits per heavy atom. The molecule has 0 fully saturated rings. The summed E-state index contributed by atoms with van der Waals surface area (Å²) >= 11 is 6.09. The third kappa shape index (κ3) is 1.99. The van der Waals surface area contributed by atoms with Gasteiger partial charge in [-0.3, -0.25) is 4.57 Å². The first-order valence-corrected chi connectivity index (χ1v) is 6.94. The van der Waals surface area contributed by atoms with Crippen LogP contribution in [0, 0.1) is 0 Å². The Balaban J connectivity index is 2.43. The van der Waals surface area contributed by atoms with E-state index in [1.54, 1.807) is 6.20 Å². The largest absolute Gasteiger partial charge is 0.330 e. The molecular formula is C16H16ClN3. The van der Waals surface area contributed by atoms with E-state index < -0.39 is 0 Å². The molecular weight excluding hydrogens is 270 g/mol. The number of halogens is 1. The van der Waals surface area contributed by atoms with E-state index in [0.29, 0.717) is 11.6 Å². The summed E-state index contributed by atoms with van der Waals surface area (Å²) in [7, 11) is 0. The predicted octanol–water partition coefficient (Wildman–Crippen LogP) is 3.83. The van der Waals surface area contributed by atoms with Crippen LogP contribution >= 0.6 is 11.6 Å². The highest BCUT2D eigenvalue weighted by atomic mass is 35.5. The van der Waals surface area contributed by atoms with Crippen molar-refractivity contribution in [3.8, 4) is 0 Å². The first kappa shape index (κ1) is 13.2. The zero-order chi connectivity index (χ0) is 14.3. The molecule has 2 N–H and O–H groups in total. The van der Waals surface area contributed by atoms with Crippen molar-refractivity contribution >= 4 is 39.2 Å². The normalized spacial score (nSPS) is 11.3. The Bertz CT molecular complexity index is 817. The first-order chi connectivity index (χ1) is 9.61. The lowest BCUT2D eigenvalue weighted by molar-refractivity contribution is 0.971. The van der Waals surface area contributed by atoms with Crippen molar-refractivity contribution in [1.29, 1.82) is 0 Å². The van der Waals surface area contributed by atoms with Gasteiger partial charge >= 0.3 is 0 Å². The quantitative estimate of drug-likeness (QED) is 0.795. The summed E-state index contributed by atoms with van der Waals surface area (Å²) in [6.07, 6.45) is 2.53. The summed E-state index contributed by atoms with van der Waals surface area (Å²) in [4.78, 5) is 4.46. The molecule has 0 unspecified atom stereocenters. The zero-order valence-electron chi connectivity index (χ0n) is 11.4. The van der Waals surface area contributed by atoms with Crippen molar-refractivity contribution in [2.75, 3.05) is 6.54 Å². The van der Waals surface area contributed by atoms with Gasteiger partial charge in [-0.25, -0.2) is 4.98 Å². The molecule has 0 saturated heterocycles. The molecule has 3 rings (SSSR count). The molecule has 4 heteroatoms. The Morgan fingerprint density at radius 3 is 2.85 bits per heavy atom. The Labute approximate surface area is 122 Å². The lowest BCUT2D eigenvalue weighted by Crippen LogP contribution is -2.02. The maximum Gasteiger partial charge on any atom is 0.145 e. The van der Waals surface area contributed by atoms with Crippen LogP contribution in [0.15, 0.2) is 37.0 Å². The van der Waals surface area contributed by atoms with Crippen molar-refractivity contribution in [2.45, 2.75) is 13.3 Å². The molecule has 0 spiro atoms. The SMILES string of the molecule is C=C(C)n1c2ccc(CCN)cc2c2cc(Cl)cnc21. The number of rotatable bonds is 3. The van der Waals surface area contributed by atoms with Crippen LogP contribution in [0.4, 0.5) is 0 Å². The number of hydrogen-bond acceptors (Lipinski definition) is 2. The summed E-state index contributed by atoms with van der Waals surface area (Å²) in [5.41, 5.74) is 9.79. The van der Waals surface area contributed by atoms with E-state index in [2.05, 4.69) is 34.3 Å². The van der Waals surface area contributed by atoms with Gasteiger partial charge in [0.25, 0.3) is 0 Å². The number of pyridine rings is 1. The van der Waals surface area contributed by atoms with Gasteiger partial charge in [0.1, 0.15) is 5.65 Å². The fraction of sp³-hybridized carbons (Fsp3) is 0.188. The van der Waals surface area contributed by atoms with Crippen molar-refractivity contribution in [2.24, 2.45) is 5.73 Å². The van der Waals surface area contributed by atoms with Gasteiger partial charge < -0.3 is 5.73 Å². The molecule has 3 nitrogen and oxygen atoms in total. The summed E-state index contributed by atoms with van der Waals surface area (Å²) in [6.45, 7) is 6.67. The van der Waals surface area contributed by atoms with Crippen LogP contribution in [0.3, 0.4) is 0 Å². The van der Waals surface area contributed by atoms with E-state index in [9.17, 15) is 0 Å². The van der Waals surface area contributed by atoms with Gasteiger partial charge in [0, 0.05) is 22.7 Å². The Hall–Kier alpha value is -1.84. The van der Waals surface area contributed by atoms with Gasteiger partial charge in [-0.05, 0) is 43.7 Å². The predicted molar refractivity (Wildman–Crippen MR) is 86.0 cm³/mol. The molecule has 2 aromatic heterocycles. The molecule has 3 aromatic rings. The van der Waals surface area contributed by atoms with Gasteiger partial charge in [-0.2, -0.15) is 0 Å². The molecule has 0 atom stereocenters. The highest BCUT2D eigenvalue weighted by Crippen LogP contribution is 2.32. The second kappa shape index (κ2) is 4.93. The molecule has 0 aliphatic carbocycles. The van der Waals surface area contributed by atoms with Crippen LogP contribution in [0.1, 0.15) is 12.5 Å². The molecule has 0 radical (unpaired) electrons.